The van der Waals surface area contributed by atoms with Gasteiger partial charge in [-0.15, -0.1) is 0 Å². The average Bonchev–Trinajstić information content (AvgIpc) is 0. The van der Waals surface area contributed by atoms with Crippen molar-refractivity contribution >= 4 is 0 Å². The third kappa shape index (κ3) is 3190. The molecule has 33 nitrogen and oxygen atoms in total. The first kappa shape index (κ1) is 3550. The second-order valence-corrected chi connectivity index (χ2v) is 0. The summed E-state index contributed by atoms with van der Waals surface area (Å²) in [5.74, 6) is 0. The van der Waals surface area contributed by atoms with Gasteiger partial charge in [0, 0.05) is 211 Å². The minimum Gasteiger partial charge on any atom is -0.457 e. The molecule has 0 atom stereocenters. The predicted octanol–water partition coefficient (Wildman–Crippen LogP) is -27.9. The van der Waals surface area contributed by atoms with E-state index in [2.05, 4.69) is 0 Å². The van der Waals surface area contributed by atoms with Crippen LogP contribution in [0.25, 0.3) is 0 Å². The summed E-state index contributed by atoms with van der Waals surface area (Å²) >= 11 is 0. The molecule has 0 aliphatic rings. The van der Waals surface area contributed by atoms with Gasteiger partial charge in [-0.25, -0.2) is 0 Å². The number of hydrogen-bond donors (Lipinski definition) is 0. The van der Waals surface area contributed by atoms with Gasteiger partial charge >= 0.3 is 0 Å². The molecule has 0 fully saturated rings. The molecule has 0 heterocycles. The van der Waals surface area contributed by atoms with Crippen LogP contribution in [0.5, 0.6) is 0 Å². The molecule has 0 spiro atoms. The molecule has 0 aliphatic heterocycles. The summed E-state index contributed by atoms with van der Waals surface area (Å²) in [5.41, 5.74) is 0. The predicted molar refractivity (Wildman–Crippen MR) is 128 cm³/mol. The minimum atomic E-state index is 0. The Morgan fingerprint density at radius 3 is 0.0698 bits per heavy atom. The average molecular weight is 2440 g/mol. The molecule has 0 radical (unpaired) electrons. The third-order valence-corrected chi connectivity index (χ3v) is 0. The molecule has 0 amide bonds. The monoisotopic (exact) mass is 2440 g/mol. The second kappa shape index (κ2) is 3330. The van der Waals surface area contributed by atoms with Crippen LogP contribution in [0.15, 0.2) is 0 Å². The van der Waals surface area contributed by atoms with Crippen LogP contribution in [0.3, 0.4) is 0 Å². The van der Waals surface area contributed by atoms with Gasteiger partial charge < -0.3 is 181 Å². The summed E-state index contributed by atoms with van der Waals surface area (Å²) in [6.07, 6.45) is 0. The van der Waals surface area contributed by atoms with Crippen molar-refractivity contribution in [3.05, 3.63) is 0 Å². The summed E-state index contributed by atoms with van der Waals surface area (Å²) in [5, 5.41) is 0. The molecule has 0 rings (SSSR count). The van der Waals surface area contributed by atoms with Crippen LogP contribution < -0.4 is 0 Å². The normalized spacial score (nSPS) is 0. The fourth-order valence-corrected chi connectivity index (χ4v) is 0. The molecule has 0 saturated carbocycles. The van der Waals surface area contributed by atoms with Crippen LogP contribution in [-0.4, -0.2) is 142 Å². The van der Waals surface area contributed by atoms with Gasteiger partial charge in [-0.2, -0.15) is 0 Å². The van der Waals surface area contributed by atoms with E-state index >= 15 is 0 Å². The fourth-order valence-electron chi connectivity index (χ4n) is 0. The van der Waals surface area contributed by atoms with Crippen molar-refractivity contribution in [2.45, 2.75) is 0 Å². The van der Waals surface area contributed by atoms with Crippen LogP contribution in [0.2, 0.25) is 0 Å². The summed E-state index contributed by atoms with van der Waals surface area (Å²) in [6, 6.07) is 0. The van der Waals surface area contributed by atoms with Gasteiger partial charge in [0.15, 0.2) is 0 Å². The minimum absolute atomic E-state index is 0. The summed E-state index contributed by atoms with van der Waals surface area (Å²) in [4.78, 5) is 0. The third-order valence-electron chi connectivity index (χ3n) is 0. The van der Waals surface area contributed by atoms with E-state index < -0.39 is 0 Å². The first-order chi connectivity index (χ1) is 0. The molecule has 0 aromatic carbocycles. The zero-order chi connectivity index (χ0) is 0. The fraction of sp³-hybridized carbons (Fsp3) is 0. The molecule has 324 valence electrons. The Morgan fingerprint density at radius 2 is 0.0698 bits per heavy atom. The molecule has 0 bridgehead atoms. The topological polar surface area (TPSA) is 1050 Å². The van der Waals surface area contributed by atoms with Gasteiger partial charge in [0.1, 0.15) is 0 Å². The molecule has 0 aromatic rings. The van der Waals surface area contributed by atoms with Crippen molar-refractivity contribution in [1.82, 2.24) is 0 Å². The Labute approximate surface area is 386 Å². The smallest absolute Gasteiger partial charge is 0 e. The standard InChI is InChI=1S/33H2O.10W/h33*1H2;;;;;;;;;;/p+7. The van der Waals surface area contributed by atoms with E-state index in [1.807, 2.05) is 0 Å². The zero-order valence-corrected chi connectivity index (χ0v) is 50.5. The first-order valence-electron chi connectivity index (χ1n) is 0. The molecule has 0 unspecified atom stereocenters. The molecular weight excluding hydrogens is 2370 g/mol. The molecule has 0 aromatic heterocycles. The van der Waals surface area contributed by atoms with Crippen LogP contribution in [0.1, 0.15) is 0 Å². The first-order valence-corrected chi connectivity index (χ1v) is 0. The van der Waals surface area contributed by atoms with Gasteiger partial charge in [-0.1, -0.05) is 0 Å². The second-order valence-electron chi connectivity index (χ2n) is 0. The Balaban J connectivity index is 0. The van der Waals surface area contributed by atoms with Crippen molar-refractivity contribution in [2.75, 3.05) is 0 Å². The maximum Gasteiger partial charge on any atom is 0 e. The Hall–Kier alpha value is 5.56. The van der Waals surface area contributed by atoms with Gasteiger partial charge in [0.2, 0.25) is 0 Å². The van der Waals surface area contributed by atoms with Crippen molar-refractivity contribution in [3.8, 4) is 0 Å². The van der Waals surface area contributed by atoms with E-state index in [0.29, 0.717) is 0 Å². The Kier molecular flexibility index (Phi) is 275000. The molecule has 73 N–H and O–H groups in total. The number of hydrogen-bond acceptors (Lipinski definition) is 0. The largest absolute Gasteiger partial charge is 0.457 e. The zero-order valence-electron chi connectivity index (χ0n) is 21.1. The maximum absolute atomic E-state index is 0. The van der Waals surface area contributed by atoms with Crippen LogP contribution in [0.4, 0.5) is 0 Å². The summed E-state index contributed by atoms with van der Waals surface area (Å²) in [6.45, 7) is 0. The quantitative estimate of drug-likeness (QED) is 0.204. The van der Waals surface area contributed by atoms with Crippen LogP contribution in [-0.2, 0) is 249 Å². The van der Waals surface area contributed by atoms with E-state index in [1.165, 1.54) is 0 Å². The molecule has 0 saturated heterocycles. The maximum atomic E-state index is 0. The molecule has 0 aliphatic carbocycles. The van der Waals surface area contributed by atoms with Crippen molar-refractivity contribution in [2.24, 2.45) is 0 Å². The van der Waals surface area contributed by atoms with E-state index in [-0.39, 0.29) is 391 Å². The van der Waals surface area contributed by atoms with E-state index in [4.69, 9.17) is 0 Å². The molecule has 43 heavy (non-hydrogen) atoms. The Morgan fingerprint density at radius 1 is 0.0698 bits per heavy atom. The molecular formula is H73O33W10+7. The van der Waals surface area contributed by atoms with Gasteiger partial charge in [0.25, 0.3) is 0 Å². The van der Waals surface area contributed by atoms with E-state index in [1.54, 1.807) is 0 Å². The SMILES string of the molecule is O.O.O.O.O.O.O.O.O.O.O.O.O.O.O.O.O.O.O.O.O.O.O.O.O.O.[OH3+].[OH3+].[OH3+].[OH3+].[OH3+].[OH3+].[OH3+].[W].[W].[W].[W].[W].[W].[W].[W].[W].[W]. The van der Waals surface area contributed by atoms with Crippen LogP contribution in [0, 0.1) is 0 Å². The van der Waals surface area contributed by atoms with Gasteiger partial charge in [-0.05, 0) is 0 Å². The van der Waals surface area contributed by atoms with Crippen molar-refractivity contribution in [1.29, 1.82) is 0 Å². The van der Waals surface area contributed by atoms with Gasteiger partial charge in [0.05, 0.1) is 0 Å². The Bertz CT molecular complexity index is 33.6. The van der Waals surface area contributed by atoms with E-state index in [9.17, 15) is 0 Å². The van der Waals surface area contributed by atoms with Crippen LogP contribution >= 0.6 is 0 Å². The van der Waals surface area contributed by atoms with Crippen molar-refractivity contribution < 1.29 is 391 Å². The number of rotatable bonds is 0. The molecule has 43 heteroatoms. The summed E-state index contributed by atoms with van der Waals surface area (Å²) in [7, 11) is 0. The van der Waals surface area contributed by atoms with Crippen molar-refractivity contribution in [3.63, 3.8) is 0 Å². The summed E-state index contributed by atoms with van der Waals surface area (Å²) < 4.78 is 0. The van der Waals surface area contributed by atoms with E-state index in [0.717, 1.165) is 0 Å². The van der Waals surface area contributed by atoms with Gasteiger partial charge in [-0.3, -0.25) is 0 Å².